The highest BCUT2D eigenvalue weighted by Gasteiger charge is 2.22. The van der Waals surface area contributed by atoms with Crippen LogP contribution in [0.25, 0.3) is 0 Å². The minimum Gasteiger partial charge on any atom is -0.545 e. The van der Waals surface area contributed by atoms with Crippen LogP contribution in [0.4, 0.5) is 0 Å². The number of likely N-dealkylation sites (N-methyl/N-ethyl adjacent to an activating group) is 1. The van der Waals surface area contributed by atoms with E-state index in [0.29, 0.717) is 17.4 Å². The highest BCUT2D eigenvalue weighted by atomic mass is 16.7. The molecule has 0 heterocycles. The molecule has 0 aromatic carbocycles. The number of rotatable bonds is 88. The van der Waals surface area contributed by atoms with Crippen LogP contribution in [-0.2, 0) is 33.3 Å². The molecule has 0 fully saturated rings. The highest BCUT2D eigenvalue weighted by molar-refractivity contribution is 5.70. The quantitative estimate of drug-likeness (QED) is 0.0195. The Morgan fingerprint density at radius 1 is 0.294 bits per heavy atom. The third-order valence-electron chi connectivity index (χ3n) is 21.5. The number of carboxylic acid groups (broad SMARTS) is 1. The summed E-state index contributed by atoms with van der Waals surface area (Å²) in [7, 11) is 5.96. The molecule has 0 N–H and O–H groups in total. The van der Waals surface area contributed by atoms with Gasteiger partial charge in [0, 0.05) is 12.8 Å². The maximum atomic E-state index is 13.0. The van der Waals surface area contributed by atoms with E-state index in [4.69, 9.17) is 18.9 Å². The number of quaternary nitrogens is 1. The molecule has 9 heteroatoms. The van der Waals surface area contributed by atoms with Crippen LogP contribution in [0.15, 0.2) is 24.3 Å². The van der Waals surface area contributed by atoms with Gasteiger partial charge in [-0.25, -0.2) is 0 Å². The summed E-state index contributed by atoms with van der Waals surface area (Å²) in [6.45, 7) is 4.84. The van der Waals surface area contributed by atoms with Crippen LogP contribution in [0.1, 0.15) is 495 Å². The summed E-state index contributed by atoms with van der Waals surface area (Å²) < 4.78 is 22.9. The van der Waals surface area contributed by atoms with Crippen molar-refractivity contribution in [2.24, 2.45) is 0 Å². The van der Waals surface area contributed by atoms with Crippen molar-refractivity contribution in [3.63, 3.8) is 0 Å². The van der Waals surface area contributed by atoms with Gasteiger partial charge in [-0.1, -0.05) is 462 Å². The lowest BCUT2D eigenvalue weighted by Crippen LogP contribution is -2.44. The summed E-state index contributed by atoms with van der Waals surface area (Å²) >= 11 is 0. The van der Waals surface area contributed by atoms with Gasteiger partial charge in [0.15, 0.2) is 12.4 Å². The van der Waals surface area contributed by atoms with E-state index < -0.39 is 24.3 Å². The average Bonchev–Trinajstić information content (AvgIpc) is 1.02. The maximum absolute atomic E-state index is 13.0. The van der Waals surface area contributed by atoms with Crippen molar-refractivity contribution in [2.75, 3.05) is 47.5 Å². The van der Waals surface area contributed by atoms with Crippen LogP contribution >= 0.6 is 0 Å². The van der Waals surface area contributed by atoms with E-state index in [1.807, 2.05) is 21.1 Å². The molecular weight excluding hydrogens is 1260 g/mol. The van der Waals surface area contributed by atoms with E-state index in [0.717, 1.165) is 44.9 Å². The summed E-state index contributed by atoms with van der Waals surface area (Å²) in [6.07, 6.45) is 107. The molecule has 2 unspecified atom stereocenters. The molecule has 0 saturated carbocycles. The Morgan fingerprint density at radius 3 is 0.775 bits per heavy atom. The number of hydrogen-bond acceptors (Lipinski definition) is 8. The Hall–Kier alpha value is -2.23. The molecule has 0 bridgehead atoms. The van der Waals surface area contributed by atoms with Crippen molar-refractivity contribution in [3.8, 4) is 0 Å². The summed E-state index contributed by atoms with van der Waals surface area (Å²) in [5, 5.41) is 11.9. The molecule has 9 nitrogen and oxygen atoms in total. The van der Waals surface area contributed by atoms with Crippen molar-refractivity contribution in [3.05, 3.63) is 24.3 Å². The second-order valence-electron chi connectivity index (χ2n) is 33.0. The standard InChI is InChI=1S/C93H179NO8/c1-6-8-10-12-14-16-18-20-22-24-26-28-30-32-34-36-38-40-42-44-45-46-48-49-51-53-55-57-59-61-63-65-67-69-71-73-75-77-79-81-83-90(95)100-87-89(88-101-93(92(97)98)99-86-85-94(3,4)5)102-91(96)84-82-80-78-76-74-72-70-68-66-64-62-60-58-56-54-52-50-47-43-41-39-37-35-33-31-29-27-25-23-21-19-17-15-13-11-9-7-2/h19,21,25,27,89,93H,6-18,20,22-24,26,28-88H2,1-5H3/b21-19-,27-25-. The first kappa shape index (κ1) is 99.8. The number of hydrogen-bond donors (Lipinski definition) is 0. The van der Waals surface area contributed by atoms with Gasteiger partial charge in [0.1, 0.15) is 13.2 Å². The second kappa shape index (κ2) is 84.4. The van der Waals surface area contributed by atoms with E-state index in [9.17, 15) is 19.5 Å². The summed E-state index contributed by atoms with van der Waals surface area (Å²) in [5.41, 5.74) is 0. The molecule has 0 amide bonds. The van der Waals surface area contributed by atoms with Gasteiger partial charge in [0.2, 0.25) is 0 Å². The lowest BCUT2D eigenvalue weighted by atomic mass is 10.0. The van der Waals surface area contributed by atoms with E-state index in [1.54, 1.807) is 0 Å². The average molecular weight is 1440 g/mol. The normalized spacial score (nSPS) is 12.6. The number of carbonyl (C=O) groups is 3. The molecule has 0 radical (unpaired) electrons. The van der Waals surface area contributed by atoms with Crippen molar-refractivity contribution in [1.82, 2.24) is 0 Å². The van der Waals surface area contributed by atoms with Crippen LogP contribution in [0.2, 0.25) is 0 Å². The molecule has 2 atom stereocenters. The molecule has 0 rings (SSSR count). The Bertz CT molecular complexity index is 1730. The monoisotopic (exact) mass is 1440 g/mol. The van der Waals surface area contributed by atoms with Gasteiger partial charge in [-0.05, 0) is 44.9 Å². The lowest BCUT2D eigenvalue weighted by molar-refractivity contribution is -0.870. The topological polar surface area (TPSA) is 111 Å². The molecule has 0 aliphatic heterocycles. The molecule has 102 heavy (non-hydrogen) atoms. The van der Waals surface area contributed by atoms with Gasteiger partial charge < -0.3 is 33.3 Å². The largest absolute Gasteiger partial charge is 0.545 e. The van der Waals surface area contributed by atoms with E-state index in [1.165, 1.54) is 424 Å². The Kier molecular flexibility index (Phi) is 82.5. The van der Waals surface area contributed by atoms with Crippen molar-refractivity contribution < 1.29 is 42.9 Å². The number of ether oxygens (including phenoxy) is 4. The Labute approximate surface area is 637 Å². The first-order valence-corrected chi connectivity index (χ1v) is 46.0. The molecular formula is C93H179NO8. The summed E-state index contributed by atoms with van der Waals surface area (Å²) in [5.74, 6) is -2.24. The maximum Gasteiger partial charge on any atom is 0.306 e. The number of nitrogens with zero attached hydrogens (tertiary/aromatic N) is 1. The number of carbonyl (C=O) groups excluding carboxylic acids is 3. The summed E-state index contributed by atoms with van der Waals surface area (Å²) in [4.78, 5) is 37.7. The third-order valence-corrected chi connectivity index (χ3v) is 21.5. The van der Waals surface area contributed by atoms with Gasteiger partial charge in [-0.15, -0.1) is 0 Å². The fourth-order valence-corrected chi connectivity index (χ4v) is 14.5. The predicted octanol–water partition coefficient (Wildman–Crippen LogP) is 28.7. The van der Waals surface area contributed by atoms with Gasteiger partial charge in [-0.2, -0.15) is 0 Å². The molecule has 0 aromatic heterocycles. The van der Waals surface area contributed by atoms with Gasteiger partial charge in [0.05, 0.1) is 40.3 Å². The predicted molar refractivity (Wildman–Crippen MR) is 440 cm³/mol. The Balaban J connectivity index is 3.87. The second-order valence-corrected chi connectivity index (χ2v) is 33.0. The number of esters is 2. The first-order valence-electron chi connectivity index (χ1n) is 46.0. The van der Waals surface area contributed by atoms with Crippen LogP contribution in [0, 0.1) is 0 Å². The van der Waals surface area contributed by atoms with Crippen LogP contribution < -0.4 is 5.11 Å². The summed E-state index contributed by atoms with van der Waals surface area (Å²) in [6, 6.07) is 0. The minimum atomic E-state index is -1.62. The molecule has 0 spiro atoms. The van der Waals surface area contributed by atoms with E-state index >= 15 is 0 Å². The number of carboxylic acids is 1. The fraction of sp³-hybridized carbons (Fsp3) is 0.925. The number of allylic oxidation sites excluding steroid dienone is 4. The van der Waals surface area contributed by atoms with E-state index in [2.05, 4.69) is 38.2 Å². The molecule has 0 aliphatic carbocycles. The van der Waals surface area contributed by atoms with Crippen LogP contribution in [-0.4, -0.2) is 82.3 Å². The van der Waals surface area contributed by atoms with Crippen molar-refractivity contribution in [2.45, 2.75) is 508 Å². The smallest absolute Gasteiger partial charge is 0.306 e. The highest BCUT2D eigenvalue weighted by Crippen LogP contribution is 2.22. The lowest BCUT2D eigenvalue weighted by Gasteiger charge is -2.26. The zero-order chi connectivity index (χ0) is 73.9. The zero-order valence-corrected chi connectivity index (χ0v) is 69.5. The molecule has 0 aromatic rings. The van der Waals surface area contributed by atoms with Crippen molar-refractivity contribution >= 4 is 17.9 Å². The fourth-order valence-electron chi connectivity index (χ4n) is 14.5. The Morgan fingerprint density at radius 2 is 0.529 bits per heavy atom. The number of unbranched alkanes of at least 4 members (excludes halogenated alkanes) is 69. The minimum absolute atomic E-state index is 0.153. The zero-order valence-electron chi connectivity index (χ0n) is 69.5. The first-order chi connectivity index (χ1) is 50.1. The van der Waals surface area contributed by atoms with Crippen LogP contribution in [0.3, 0.4) is 0 Å². The van der Waals surface area contributed by atoms with Gasteiger partial charge >= 0.3 is 11.9 Å². The number of aliphatic carboxylic acids is 1. The van der Waals surface area contributed by atoms with Gasteiger partial charge in [0.25, 0.3) is 0 Å². The van der Waals surface area contributed by atoms with E-state index in [-0.39, 0.29) is 32.2 Å². The third kappa shape index (κ3) is 85.0. The molecule has 0 saturated heterocycles. The van der Waals surface area contributed by atoms with Crippen molar-refractivity contribution in [1.29, 1.82) is 0 Å². The molecule has 0 aliphatic rings. The van der Waals surface area contributed by atoms with Crippen LogP contribution in [0.5, 0.6) is 0 Å². The SMILES string of the molecule is CCCCCCC/C=C\C/C=C\CCCCCCCCCCCCCCCCCCCCCCCCCCCC(=O)OC(COC(=O)CCCCCCCCCCCCCCCCCCCCCCCCCCCCCCCCCCCCCCCCCC)COC(OCC[N+](C)(C)C)C(=O)[O-]. The molecule has 604 valence electrons. The van der Waals surface area contributed by atoms with Gasteiger partial charge in [-0.3, -0.25) is 9.59 Å².